The quantitative estimate of drug-likeness (QED) is 0.658. The molecule has 108 valence electrons. The monoisotopic (exact) mass is 312 g/mol. The van der Waals surface area contributed by atoms with Crippen LogP contribution in [0.2, 0.25) is 0 Å². The molecule has 0 saturated heterocycles. The number of anilines is 2. The Labute approximate surface area is 121 Å². The number of nitrogens with zero attached hydrogens (tertiary/aromatic N) is 1. The molecule has 0 aliphatic heterocycles. The fraction of sp³-hybridized carbons (Fsp3) is 0.0714. The molecule has 1 N–H and O–H groups in total. The van der Waals surface area contributed by atoms with Gasteiger partial charge in [0.25, 0.3) is 0 Å². The van der Waals surface area contributed by atoms with Crippen LogP contribution < -0.4 is 5.32 Å². The van der Waals surface area contributed by atoms with Gasteiger partial charge in [0.1, 0.15) is 5.82 Å². The van der Waals surface area contributed by atoms with E-state index in [0.717, 1.165) is 12.1 Å². The Morgan fingerprint density at radius 3 is 2.38 bits per heavy atom. The van der Waals surface area contributed by atoms with Crippen molar-refractivity contribution in [3.05, 3.63) is 53.8 Å². The van der Waals surface area contributed by atoms with E-state index in [4.69, 9.17) is 0 Å². The average molecular weight is 312 g/mol. The van der Waals surface area contributed by atoms with E-state index in [9.17, 15) is 17.6 Å². The van der Waals surface area contributed by atoms with Crippen molar-refractivity contribution < 1.29 is 17.6 Å². The Morgan fingerprint density at radius 1 is 1.00 bits per heavy atom. The Morgan fingerprint density at radius 2 is 1.71 bits per heavy atom. The van der Waals surface area contributed by atoms with Crippen LogP contribution in [0, 0.1) is 5.82 Å². The van der Waals surface area contributed by atoms with Crippen molar-refractivity contribution in [1.82, 2.24) is 4.98 Å². The third-order valence-electron chi connectivity index (χ3n) is 2.81. The minimum absolute atomic E-state index is 0.277. The van der Waals surface area contributed by atoms with Gasteiger partial charge in [0.15, 0.2) is 5.13 Å². The van der Waals surface area contributed by atoms with Crippen LogP contribution in [0.25, 0.3) is 10.2 Å². The van der Waals surface area contributed by atoms with E-state index in [1.165, 1.54) is 41.7 Å². The maximum atomic E-state index is 12.8. The van der Waals surface area contributed by atoms with Crippen LogP contribution in [-0.2, 0) is 6.18 Å². The molecule has 0 aliphatic rings. The van der Waals surface area contributed by atoms with Crippen molar-refractivity contribution >= 4 is 32.4 Å². The molecule has 1 aromatic heterocycles. The molecule has 0 atom stereocenters. The molecule has 2 aromatic carbocycles. The van der Waals surface area contributed by atoms with Gasteiger partial charge in [-0.25, -0.2) is 9.37 Å². The highest BCUT2D eigenvalue weighted by Crippen LogP contribution is 2.34. The highest BCUT2D eigenvalue weighted by molar-refractivity contribution is 7.22. The molecule has 1 heterocycles. The second kappa shape index (κ2) is 5.00. The van der Waals surface area contributed by atoms with Crippen molar-refractivity contribution in [3.8, 4) is 0 Å². The second-order valence-electron chi connectivity index (χ2n) is 4.33. The Kier molecular flexibility index (Phi) is 3.29. The molecule has 0 amide bonds. The summed E-state index contributed by atoms with van der Waals surface area (Å²) in [5.41, 5.74) is 0.166. The van der Waals surface area contributed by atoms with Crippen molar-refractivity contribution in [3.63, 3.8) is 0 Å². The van der Waals surface area contributed by atoms with Crippen LogP contribution in [0.4, 0.5) is 28.4 Å². The fourth-order valence-electron chi connectivity index (χ4n) is 1.81. The number of nitrogens with one attached hydrogen (secondary N) is 1. The number of rotatable bonds is 2. The molecule has 2 nitrogen and oxygen atoms in total. The number of halogens is 4. The van der Waals surface area contributed by atoms with Crippen LogP contribution in [0.3, 0.4) is 0 Å². The molecule has 7 heteroatoms. The van der Waals surface area contributed by atoms with E-state index in [1.807, 2.05) is 0 Å². The summed E-state index contributed by atoms with van der Waals surface area (Å²) in [7, 11) is 0. The average Bonchev–Trinajstić information content (AvgIpc) is 2.81. The lowest BCUT2D eigenvalue weighted by Gasteiger charge is -2.04. The first-order chi connectivity index (χ1) is 9.91. The Balaban J connectivity index is 1.92. The van der Waals surface area contributed by atoms with E-state index in [2.05, 4.69) is 10.3 Å². The predicted molar refractivity (Wildman–Crippen MR) is 74.3 cm³/mol. The number of hydrogen-bond acceptors (Lipinski definition) is 3. The van der Waals surface area contributed by atoms with E-state index in [-0.39, 0.29) is 11.3 Å². The molecular formula is C14H8F4N2S. The summed E-state index contributed by atoms with van der Waals surface area (Å²) in [6.07, 6.45) is -4.39. The molecule has 0 aliphatic carbocycles. The third-order valence-corrected chi connectivity index (χ3v) is 3.76. The molecule has 0 radical (unpaired) electrons. The Bertz CT molecular complexity index is 778. The second-order valence-corrected chi connectivity index (χ2v) is 5.36. The molecule has 3 rings (SSSR count). The summed E-state index contributed by atoms with van der Waals surface area (Å²) in [6, 6.07) is 9.08. The van der Waals surface area contributed by atoms with Crippen LogP contribution >= 0.6 is 11.3 Å². The summed E-state index contributed by atoms with van der Waals surface area (Å²) in [6.45, 7) is 0. The van der Waals surface area contributed by atoms with E-state index in [0.29, 0.717) is 15.5 Å². The van der Waals surface area contributed by atoms with Crippen LogP contribution in [-0.4, -0.2) is 4.98 Å². The van der Waals surface area contributed by atoms with Gasteiger partial charge in [0.2, 0.25) is 0 Å². The van der Waals surface area contributed by atoms with E-state index in [1.54, 1.807) is 0 Å². The number of benzene rings is 2. The number of thiazole rings is 1. The number of hydrogen-bond donors (Lipinski definition) is 1. The normalized spacial score (nSPS) is 11.8. The summed E-state index contributed by atoms with van der Waals surface area (Å²) >= 11 is 1.23. The van der Waals surface area contributed by atoms with Crippen molar-refractivity contribution in [2.75, 3.05) is 5.32 Å². The van der Waals surface area contributed by atoms with Gasteiger partial charge in [-0.05, 0) is 42.5 Å². The van der Waals surface area contributed by atoms with Gasteiger partial charge >= 0.3 is 6.18 Å². The fourth-order valence-corrected chi connectivity index (χ4v) is 2.68. The van der Waals surface area contributed by atoms with Crippen molar-refractivity contribution in [1.29, 1.82) is 0 Å². The molecule has 0 bridgehead atoms. The van der Waals surface area contributed by atoms with Gasteiger partial charge in [-0.1, -0.05) is 11.3 Å². The van der Waals surface area contributed by atoms with Crippen LogP contribution in [0.1, 0.15) is 5.56 Å². The summed E-state index contributed by atoms with van der Waals surface area (Å²) in [5.74, 6) is -0.361. The molecule has 0 spiro atoms. The zero-order valence-electron chi connectivity index (χ0n) is 10.4. The molecular weight excluding hydrogens is 304 g/mol. The lowest BCUT2D eigenvalue weighted by atomic mass is 10.2. The Hall–Kier alpha value is -2.15. The van der Waals surface area contributed by atoms with Gasteiger partial charge in [-0.2, -0.15) is 13.2 Å². The topological polar surface area (TPSA) is 24.9 Å². The number of fused-ring (bicyclic) bond motifs is 1. The first-order valence-corrected chi connectivity index (χ1v) is 6.74. The zero-order chi connectivity index (χ0) is 15.0. The zero-order valence-corrected chi connectivity index (χ0v) is 11.2. The lowest BCUT2D eigenvalue weighted by molar-refractivity contribution is -0.137. The maximum absolute atomic E-state index is 12.8. The summed E-state index contributed by atoms with van der Waals surface area (Å²) in [4.78, 5) is 4.12. The predicted octanol–water partition coefficient (Wildman–Crippen LogP) is 5.20. The molecule has 21 heavy (non-hydrogen) atoms. The molecule has 0 fully saturated rings. The van der Waals surface area contributed by atoms with Gasteiger partial charge in [-0.3, -0.25) is 0 Å². The van der Waals surface area contributed by atoms with E-state index >= 15 is 0 Å². The summed E-state index contributed by atoms with van der Waals surface area (Å²) < 4.78 is 51.3. The van der Waals surface area contributed by atoms with E-state index < -0.39 is 11.7 Å². The standard InChI is InChI=1S/C14H8F4N2S/c15-9-2-4-10(5-3-9)19-13-20-11-7-8(14(16,17)18)1-6-12(11)21-13/h1-7H,(H,19,20). The van der Waals surface area contributed by atoms with Crippen LogP contribution in [0.15, 0.2) is 42.5 Å². The third kappa shape index (κ3) is 2.97. The lowest BCUT2D eigenvalue weighted by Crippen LogP contribution is -2.03. The molecule has 0 unspecified atom stereocenters. The first kappa shape index (κ1) is 13.8. The van der Waals surface area contributed by atoms with Crippen molar-refractivity contribution in [2.45, 2.75) is 6.18 Å². The maximum Gasteiger partial charge on any atom is 0.416 e. The minimum Gasteiger partial charge on any atom is -0.332 e. The van der Waals surface area contributed by atoms with Gasteiger partial charge in [0.05, 0.1) is 15.8 Å². The first-order valence-electron chi connectivity index (χ1n) is 5.92. The smallest absolute Gasteiger partial charge is 0.332 e. The highest BCUT2D eigenvalue weighted by Gasteiger charge is 2.30. The van der Waals surface area contributed by atoms with Crippen molar-refractivity contribution in [2.24, 2.45) is 0 Å². The van der Waals surface area contributed by atoms with Gasteiger partial charge in [0, 0.05) is 5.69 Å². The summed E-state index contributed by atoms with van der Waals surface area (Å²) in [5, 5.41) is 3.39. The number of alkyl halides is 3. The molecule has 3 aromatic rings. The van der Waals surface area contributed by atoms with Gasteiger partial charge in [-0.15, -0.1) is 0 Å². The van der Waals surface area contributed by atoms with Gasteiger partial charge < -0.3 is 5.32 Å². The largest absolute Gasteiger partial charge is 0.416 e. The minimum atomic E-state index is -4.39. The molecule has 0 saturated carbocycles. The SMILES string of the molecule is Fc1ccc(Nc2nc3cc(C(F)(F)F)ccc3s2)cc1. The highest BCUT2D eigenvalue weighted by atomic mass is 32.1. The number of aromatic nitrogens is 1. The van der Waals surface area contributed by atoms with Crippen LogP contribution in [0.5, 0.6) is 0 Å².